The van der Waals surface area contributed by atoms with Crippen molar-refractivity contribution in [1.29, 1.82) is 0 Å². The highest BCUT2D eigenvalue weighted by Crippen LogP contribution is 2.49. The molecule has 0 amide bonds. The third kappa shape index (κ3) is 4.49. The van der Waals surface area contributed by atoms with E-state index in [1.165, 1.54) is 60.8 Å². The fraction of sp³-hybridized carbons (Fsp3) is 0.483. The van der Waals surface area contributed by atoms with Gasteiger partial charge in [0.15, 0.2) is 5.03 Å². The molecule has 1 N–H and O–H groups in total. The Hall–Kier alpha value is -2.68. The Morgan fingerprint density at radius 2 is 1.81 bits per heavy atom. The molecule has 2 unspecified atom stereocenters. The summed E-state index contributed by atoms with van der Waals surface area (Å²) in [5, 5.41) is 0.0802. The van der Waals surface area contributed by atoms with Crippen LogP contribution in [0.25, 0.3) is 0 Å². The van der Waals surface area contributed by atoms with E-state index in [-0.39, 0.29) is 11.1 Å². The molecule has 4 aliphatic rings. The fourth-order valence-electron chi connectivity index (χ4n) is 6.89. The first-order valence-corrected chi connectivity index (χ1v) is 15.1. The number of hydrogen-bond donors (Lipinski definition) is 1. The third-order valence-electron chi connectivity index (χ3n) is 9.00. The van der Waals surface area contributed by atoms with Crippen molar-refractivity contribution in [1.82, 2.24) is 19.2 Å². The average molecular weight is 518 g/mol. The summed E-state index contributed by atoms with van der Waals surface area (Å²) in [6.45, 7) is 3.90. The molecule has 4 atom stereocenters. The molecule has 3 aromatic rings. The Bertz CT molecular complexity index is 1390. The second kappa shape index (κ2) is 8.96. The molecular weight excluding hydrogens is 482 g/mol. The number of imidazole rings is 1. The lowest BCUT2D eigenvalue weighted by Crippen LogP contribution is -2.59. The minimum absolute atomic E-state index is 0.0802. The van der Waals surface area contributed by atoms with Crippen molar-refractivity contribution in [3.05, 3.63) is 77.7 Å². The van der Waals surface area contributed by atoms with Gasteiger partial charge in [0.1, 0.15) is 0 Å². The number of likely N-dealkylation sites (tertiary alicyclic amines) is 1. The van der Waals surface area contributed by atoms with Crippen LogP contribution in [0.4, 0.5) is 5.69 Å². The number of benzene rings is 2. The van der Waals surface area contributed by atoms with E-state index in [0.29, 0.717) is 25.0 Å². The van der Waals surface area contributed by atoms with E-state index >= 15 is 0 Å². The lowest BCUT2D eigenvalue weighted by Gasteiger charge is -2.43. The van der Waals surface area contributed by atoms with Crippen LogP contribution in [0, 0.1) is 11.8 Å². The van der Waals surface area contributed by atoms with E-state index in [0.717, 1.165) is 24.7 Å². The minimum Gasteiger partial charge on any atom is -0.368 e. The van der Waals surface area contributed by atoms with Gasteiger partial charge in [0, 0.05) is 57.1 Å². The van der Waals surface area contributed by atoms with Crippen LogP contribution in [0.2, 0.25) is 0 Å². The average Bonchev–Trinajstić information content (AvgIpc) is 3.23. The number of sulfonamides is 1. The summed E-state index contributed by atoms with van der Waals surface area (Å²) in [5.41, 5.74) is 5.59. The monoisotopic (exact) mass is 517 g/mol. The van der Waals surface area contributed by atoms with Crippen molar-refractivity contribution in [2.24, 2.45) is 18.9 Å². The van der Waals surface area contributed by atoms with Crippen LogP contribution < -0.4 is 9.62 Å². The topological polar surface area (TPSA) is 70.5 Å². The Morgan fingerprint density at radius 3 is 2.54 bits per heavy atom. The van der Waals surface area contributed by atoms with Crippen molar-refractivity contribution in [2.45, 2.75) is 48.7 Å². The van der Waals surface area contributed by atoms with E-state index in [1.807, 2.05) is 0 Å². The molecule has 1 aromatic heterocycles. The summed E-state index contributed by atoms with van der Waals surface area (Å²) in [6.07, 6.45) is 7.94. The SMILES string of the molecule is Cn1cnc(S(=O)(=O)NC2CN(c3ccc4c(c3)[C@@H](Cc3ccccc3)[C@@H](N3CC5CC5C3)CC4)C2)c1. The maximum absolute atomic E-state index is 12.7. The zero-order valence-electron chi connectivity index (χ0n) is 21.3. The molecule has 37 heavy (non-hydrogen) atoms. The summed E-state index contributed by atoms with van der Waals surface area (Å²) >= 11 is 0. The van der Waals surface area contributed by atoms with Gasteiger partial charge >= 0.3 is 0 Å². The Morgan fingerprint density at radius 1 is 1.03 bits per heavy atom. The summed E-state index contributed by atoms with van der Waals surface area (Å²) in [4.78, 5) is 9.10. The van der Waals surface area contributed by atoms with Crippen molar-refractivity contribution < 1.29 is 8.42 Å². The molecular formula is C29H35N5O2S. The fourth-order valence-corrected chi connectivity index (χ4v) is 8.09. The first kappa shape index (κ1) is 23.4. The molecule has 0 radical (unpaired) electrons. The lowest BCUT2D eigenvalue weighted by molar-refractivity contribution is 0.171. The maximum Gasteiger partial charge on any atom is 0.259 e. The number of piperidine rings is 1. The predicted molar refractivity (Wildman–Crippen MR) is 144 cm³/mol. The number of aryl methyl sites for hydroxylation is 2. The highest BCUT2D eigenvalue weighted by molar-refractivity contribution is 7.89. The third-order valence-corrected chi connectivity index (χ3v) is 10.4. The van der Waals surface area contributed by atoms with E-state index in [4.69, 9.17) is 0 Å². The highest BCUT2D eigenvalue weighted by Gasteiger charge is 2.48. The van der Waals surface area contributed by atoms with Gasteiger partial charge in [-0.3, -0.25) is 4.90 Å². The van der Waals surface area contributed by atoms with Crippen molar-refractivity contribution in [3.63, 3.8) is 0 Å². The molecule has 2 aromatic carbocycles. The van der Waals surface area contributed by atoms with E-state index in [2.05, 4.69) is 68.0 Å². The molecule has 3 heterocycles. The van der Waals surface area contributed by atoms with Crippen LogP contribution in [-0.4, -0.2) is 61.1 Å². The number of rotatable bonds is 7. The molecule has 2 saturated heterocycles. The van der Waals surface area contributed by atoms with Crippen LogP contribution in [0.3, 0.4) is 0 Å². The van der Waals surface area contributed by atoms with Gasteiger partial charge in [0.2, 0.25) is 0 Å². The second-order valence-electron chi connectivity index (χ2n) is 11.6. The molecule has 194 valence electrons. The van der Waals surface area contributed by atoms with E-state index in [1.54, 1.807) is 11.6 Å². The molecule has 3 fully saturated rings. The zero-order valence-corrected chi connectivity index (χ0v) is 22.1. The van der Waals surface area contributed by atoms with Gasteiger partial charge in [-0.25, -0.2) is 18.1 Å². The molecule has 2 aliphatic carbocycles. The van der Waals surface area contributed by atoms with Crippen molar-refractivity contribution in [2.75, 3.05) is 31.1 Å². The van der Waals surface area contributed by atoms with Gasteiger partial charge in [0.25, 0.3) is 10.0 Å². The molecule has 0 spiro atoms. The van der Waals surface area contributed by atoms with Gasteiger partial charge in [-0.15, -0.1) is 0 Å². The van der Waals surface area contributed by atoms with E-state index < -0.39 is 10.0 Å². The van der Waals surface area contributed by atoms with Gasteiger partial charge in [-0.05, 0) is 66.3 Å². The van der Waals surface area contributed by atoms with Gasteiger partial charge in [0.05, 0.1) is 12.4 Å². The Labute approximate surface area is 219 Å². The molecule has 7 nitrogen and oxygen atoms in total. The van der Waals surface area contributed by atoms with Crippen LogP contribution in [0.15, 0.2) is 66.1 Å². The first-order chi connectivity index (χ1) is 17.9. The smallest absolute Gasteiger partial charge is 0.259 e. The Kier molecular flexibility index (Phi) is 5.68. The first-order valence-electron chi connectivity index (χ1n) is 13.6. The Balaban J connectivity index is 1.10. The molecule has 1 saturated carbocycles. The normalized spacial score (nSPS) is 27.5. The largest absolute Gasteiger partial charge is 0.368 e. The minimum atomic E-state index is -3.59. The van der Waals surface area contributed by atoms with Gasteiger partial charge in [-0.1, -0.05) is 36.4 Å². The summed E-state index contributed by atoms with van der Waals surface area (Å²) in [5.74, 6) is 2.37. The number of aromatic nitrogens is 2. The standard InChI is InChI=1S/C29H35N5O2S/c1-32-18-29(30-19-32)37(35,36)31-24-16-33(17-24)25-9-7-21-8-10-28(34-14-22-12-23(22)15-34)27(26(21)13-25)11-20-5-3-2-4-6-20/h2-7,9,13,18-19,22-24,27-28,31H,8,10-12,14-17H2,1H3/t22?,23?,27-,28+/m1/s1. The molecule has 7 rings (SSSR count). The number of nitrogens with zero attached hydrogens (tertiary/aromatic N) is 4. The zero-order chi connectivity index (χ0) is 25.1. The van der Waals surface area contributed by atoms with Crippen LogP contribution in [-0.2, 0) is 29.9 Å². The van der Waals surface area contributed by atoms with Crippen molar-refractivity contribution in [3.8, 4) is 0 Å². The van der Waals surface area contributed by atoms with Gasteiger partial charge in [-0.2, -0.15) is 0 Å². The lowest BCUT2D eigenvalue weighted by atomic mass is 9.75. The maximum atomic E-state index is 12.7. The number of hydrogen-bond acceptors (Lipinski definition) is 5. The van der Waals surface area contributed by atoms with Gasteiger partial charge < -0.3 is 9.47 Å². The summed E-state index contributed by atoms with van der Waals surface area (Å²) in [6, 6.07) is 18.4. The molecule has 0 bridgehead atoms. The summed E-state index contributed by atoms with van der Waals surface area (Å²) in [7, 11) is -1.82. The number of anilines is 1. The highest BCUT2D eigenvalue weighted by atomic mass is 32.2. The van der Waals surface area contributed by atoms with E-state index in [9.17, 15) is 8.42 Å². The summed E-state index contributed by atoms with van der Waals surface area (Å²) < 4.78 is 29.8. The van der Waals surface area contributed by atoms with Crippen LogP contribution in [0.5, 0.6) is 0 Å². The molecule has 2 aliphatic heterocycles. The predicted octanol–water partition coefficient (Wildman–Crippen LogP) is 3.18. The number of nitrogens with one attached hydrogen (secondary N) is 1. The quantitative estimate of drug-likeness (QED) is 0.521. The second-order valence-corrected chi connectivity index (χ2v) is 13.3. The molecule has 8 heteroatoms. The number of fused-ring (bicyclic) bond motifs is 2. The van der Waals surface area contributed by atoms with Crippen LogP contribution >= 0.6 is 0 Å². The van der Waals surface area contributed by atoms with Crippen LogP contribution in [0.1, 0.15) is 35.4 Å². The van der Waals surface area contributed by atoms with Crippen molar-refractivity contribution >= 4 is 15.7 Å².